The average Bonchev–Trinajstić information content (AvgIpc) is 2.98. The van der Waals surface area contributed by atoms with Gasteiger partial charge in [-0.2, -0.15) is 0 Å². The van der Waals surface area contributed by atoms with Crippen molar-refractivity contribution in [2.24, 2.45) is 0 Å². The SMILES string of the molecule is O=C1OC/C(=C\COCc2ccc(-c3ccccc3)cc2)O1. The quantitative estimate of drug-likeness (QED) is 0.619. The molecule has 0 N–H and O–H groups in total. The molecule has 0 amide bonds. The van der Waals surface area contributed by atoms with E-state index >= 15 is 0 Å². The van der Waals surface area contributed by atoms with Crippen LogP contribution in [0.15, 0.2) is 66.4 Å². The van der Waals surface area contributed by atoms with Gasteiger partial charge in [0.1, 0.15) is 5.76 Å². The molecule has 0 spiro atoms. The van der Waals surface area contributed by atoms with Crippen LogP contribution in [0, 0.1) is 0 Å². The fraction of sp³-hybridized carbons (Fsp3) is 0.167. The maximum absolute atomic E-state index is 10.7. The molecule has 112 valence electrons. The third-order valence-electron chi connectivity index (χ3n) is 3.31. The number of benzene rings is 2. The van der Waals surface area contributed by atoms with Gasteiger partial charge in [-0.1, -0.05) is 54.6 Å². The van der Waals surface area contributed by atoms with Crippen LogP contribution in [-0.2, 0) is 20.8 Å². The highest BCUT2D eigenvalue weighted by molar-refractivity contribution is 5.64. The second kappa shape index (κ2) is 6.91. The molecule has 0 radical (unpaired) electrons. The number of hydrogen-bond donors (Lipinski definition) is 0. The highest BCUT2D eigenvalue weighted by atomic mass is 16.8. The molecule has 2 aromatic carbocycles. The predicted octanol–water partition coefficient (Wildman–Crippen LogP) is 3.92. The molecule has 0 aliphatic carbocycles. The molecule has 22 heavy (non-hydrogen) atoms. The molecule has 1 fully saturated rings. The molecule has 0 aromatic heterocycles. The van der Waals surface area contributed by atoms with Crippen molar-refractivity contribution in [1.82, 2.24) is 0 Å². The summed E-state index contributed by atoms with van der Waals surface area (Å²) < 4.78 is 15.0. The first-order valence-corrected chi connectivity index (χ1v) is 7.07. The molecule has 4 nitrogen and oxygen atoms in total. The van der Waals surface area contributed by atoms with Crippen molar-refractivity contribution in [3.8, 4) is 11.1 Å². The van der Waals surface area contributed by atoms with Crippen molar-refractivity contribution >= 4 is 6.16 Å². The topological polar surface area (TPSA) is 44.8 Å². The zero-order valence-electron chi connectivity index (χ0n) is 12.0. The van der Waals surface area contributed by atoms with Crippen LogP contribution < -0.4 is 0 Å². The third kappa shape index (κ3) is 3.74. The molecule has 0 bridgehead atoms. The van der Waals surface area contributed by atoms with Crippen molar-refractivity contribution in [3.05, 3.63) is 72.0 Å². The van der Waals surface area contributed by atoms with Crippen LogP contribution in [0.2, 0.25) is 0 Å². The van der Waals surface area contributed by atoms with Gasteiger partial charge in [0, 0.05) is 0 Å². The maximum Gasteiger partial charge on any atom is 0.514 e. The van der Waals surface area contributed by atoms with Crippen LogP contribution in [0.4, 0.5) is 4.79 Å². The minimum atomic E-state index is -0.650. The molecule has 4 heteroatoms. The Morgan fingerprint density at radius 3 is 2.41 bits per heavy atom. The Bertz CT molecular complexity index is 659. The summed E-state index contributed by atoms with van der Waals surface area (Å²) in [7, 11) is 0. The smallest absolute Gasteiger partial charge is 0.426 e. The second-order valence-electron chi connectivity index (χ2n) is 4.89. The maximum atomic E-state index is 10.7. The number of rotatable bonds is 5. The molecule has 1 saturated heterocycles. The molecular formula is C18H16O4. The van der Waals surface area contributed by atoms with Gasteiger partial charge in [-0.3, -0.25) is 0 Å². The number of carbonyl (C=O) groups excluding carboxylic acids is 1. The zero-order chi connectivity index (χ0) is 15.2. The van der Waals surface area contributed by atoms with Crippen LogP contribution >= 0.6 is 0 Å². The Balaban J connectivity index is 1.50. The Morgan fingerprint density at radius 1 is 1.00 bits per heavy atom. The first-order valence-electron chi connectivity index (χ1n) is 7.07. The van der Waals surface area contributed by atoms with Crippen molar-refractivity contribution in [2.75, 3.05) is 13.2 Å². The first-order chi connectivity index (χ1) is 10.8. The van der Waals surface area contributed by atoms with Crippen LogP contribution in [0.25, 0.3) is 11.1 Å². The van der Waals surface area contributed by atoms with E-state index in [1.54, 1.807) is 6.08 Å². The predicted molar refractivity (Wildman–Crippen MR) is 82.1 cm³/mol. The Labute approximate surface area is 128 Å². The molecule has 3 rings (SSSR count). The van der Waals surface area contributed by atoms with Gasteiger partial charge in [0.25, 0.3) is 0 Å². The zero-order valence-corrected chi connectivity index (χ0v) is 12.0. The van der Waals surface area contributed by atoms with Gasteiger partial charge >= 0.3 is 6.16 Å². The molecule has 1 aliphatic heterocycles. The average molecular weight is 296 g/mol. The Morgan fingerprint density at radius 2 is 1.73 bits per heavy atom. The molecule has 2 aromatic rings. The molecule has 1 heterocycles. The van der Waals surface area contributed by atoms with Crippen molar-refractivity contribution in [1.29, 1.82) is 0 Å². The molecule has 1 aliphatic rings. The summed E-state index contributed by atoms with van der Waals surface area (Å²) in [5.74, 6) is 0.504. The third-order valence-corrected chi connectivity index (χ3v) is 3.31. The first kappa shape index (κ1) is 14.4. The Kier molecular flexibility index (Phi) is 4.51. The fourth-order valence-electron chi connectivity index (χ4n) is 2.15. The number of ether oxygens (including phenoxy) is 3. The minimum Gasteiger partial charge on any atom is -0.426 e. The van der Waals surface area contributed by atoms with E-state index in [2.05, 4.69) is 29.0 Å². The van der Waals surface area contributed by atoms with E-state index in [1.165, 1.54) is 11.1 Å². The number of carbonyl (C=O) groups is 1. The van der Waals surface area contributed by atoms with Gasteiger partial charge in [-0.15, -0.1) is 0 Å². The summed E-state index contributed by atoms with van der Waals surface area (Å²) in [6.45, 7) is 1.08. The Hall–Kier alpha value is -2.59. The van der Waals surface area contributed by atoms with Gasteiger partial charge in [0.15, 0.2) is 6.61 Å². The lowest BCUT2D eigenvalue weighted by Gasteiger charge is -2.05. The lowest BCUT2D eigenvalue weighted by molar-refractivity contribution is 0.134. The summed E-state index contributed by atoms with van der Waals surface area (Å²) in [4.78, 5) is 10.7. The minimum absolute atomic E-state index is 0.188. The van der Waals surface area contributed by atoms with Crippen molar-refractivity contribution < 1.29 is 19.0 Å². The van der Waals surface area contributed by atoms with E-state index in [0.29, 0.717) is 19.0 Å². The van der Waals surface area contributed by atoms with Crippen LogP contribution in [-0.4, -0.2) is 19.4 Å². The van der Waals surface area contributed by atoms with Crippen LogP contribution in [0.5, 0.6) is 0 Å². The van der Waals surface area contributed by atoms with Gasteiger partial charge in [0.2, 0.25) is 0 Å². The standard InChI is InChI=1S/C18H16O4/c19-18-21-13-17(22-18)10-11-20-12-14-6-8-16(9-7-14)15-4-2-1-3-5-15/h1-10H,11-13H2/b17-10+. The summed E-state index contributed by atoms with van der Waals surface area (Å²) in [5.41, 5.74) is 3.47. The van der Waals surface area contributed by atoms with Gasteiger partial charge < -0.3 is 14.2 Å². The van der Waals surface area contributed by atoms with E-state index in [0.717, 1.165) is 5.56 Å². The molecule has 0 saturated carbocycles. The summed E-state index contributed by atoms with van der Waals surface area (Å²) in [6.07, 6.45) is 1.06. The van der Waals surface area contributed by atoms with E-state index in [-0.39, 0.29) is 6.61 Å². The highest BCUT2D eigenvalue weighted by Gasteiger charge is 2.17. The fourth-order valence-corrected chi connectivity index (χ4v) is 2.15. The van der Waals surface area contributed by atoms with Crippen LogP contribution in [0.3, 0.4) is 0 Å². The highest BCUT2D eigenvalue weighted by Crippen LogP contribution is 2.19. The van der Waals surface area contributed by atoms with E-state index in [4.69, 9.17) is 9.47 Å². The largest absolute Gasteiger partial charge is 0.514 e. The van der Waals surface area contributed by atoms with Gasteiger partial charge in [0.05, 0.1) is 13.2 Å². The van der Waals surface area contributed by atoms with E-state index < -0.39 is 6.16 Å². The summed E-state index contributed by atoms with van der Waals surface area (Å²) in [6, 6.07) is 18.5. The van der Waals surface area contributed by atoms with Crippen molar-refractivity contribution in [3.63, 3.8) is 0 Å². The molecule has 0 unspecified atom stereocenters. The summed E-state index contributed by atoms with van der Waals surface area (Å²) >= 11 is 0. The number of cyclic esters (lactones) is 2. The monoisotopic (exact) mass is 296 g/mol. The van der Waals surface area contributed by atoms with Gasteiger partial charge in [-0.05, 0) is 22.8 Å². The molecular weight excluding hydrogens is 280 g/mol. The van der Waals surface area contributed by atoms with Gasteiger partial charge in [-0.25, -0.2) is 4.79 Å². The van der Waals surface area contributed by atoms with Crippen molar-refractivity contribution in [2.45, 2.75) is 6.61 Å². The second-order valence-corrected chi connectivity index (χ2v) is 4.89. The number of hydrogen-bond acceptors (Lipinski definition) is 4. The van der Waals surface area contributed by atoms with Crippen LogP contribution in [0.1, 0.15) is 5.56 Å². The lowest BCUT2D eigenvalue weighted by Crippen LogP contribution is -1.95. The lowest BCUT2D eigenvalue weighted by atomic mass is 10.0. The van der Waals surface area contributed by atoms with E-state index in [9.17, 15) is 4.79 Å². The molecule has 0 atom stereocenters. The van der Waals surface area contributed by atoms with E-state index in [1.807, 2.05) is 30.3 Å². The summed E-state index contributed by atoms with van der Waals surface area (Å²) in [5, 5.41) is 0. The normalized spacial score (nSPS) is 15.6.